The van der Waals surface area contributed by atoms with E-state index < -0.39 is 0 Å². The summed E-state index contributed by atoms with van der Waals surface area (Å²) in [7, 11) is 3.77. The standard InChI is InChI=1S/C16H23BrFNO/c1-19-15(16(20-2)8-4-3-5-9-16)11-12-10-13(18)6-7-14(12)17/h6-7,10,15,19H,3-5,8-9,11H2,1-2H3. The first kappa shape index (κ1) is 15.9. The number of halogens is 2. The maximum atomic E-state index is 13.4. The molecule has 1 unspecified atom stereocenters. The lowest BCUT2D eigenvalue weighted by Gasteiger charge is -2.42. The molecule has 0 aliphatic heterocycles. The highest BCUT2D eigenvalue weighted by Crippen LogP contribution is 2.36. The van der Waals surface area contributed by atoms with Gasteiger partial charge in [-0.25, -0.2) is 4.39 Å². The third-order valence-corrected chi connectivity index (χ3v) is 5.30. The molecule has 0 heterocycles. The number of hydrogen-bond acceptors (Lipinski definition) is 2. The van der Waals surface area contributed by atoms with Gasteiger partial charge < -0.3 is 10.1 Å². The van der Waals surface area contributed by atoms with E-state index in [2.05, 4.69) is 21.2 Å². The molecule has 20 heavy (non-hydrogen) atoms. The zero-order valence-corrected chi connectivity index (χ0v) is 13.8. The van der Waals surface area contributed by atoms with Crippen molar-refractivity contribution in [1.29, 1.82) is 0 Å². The normalized spacial score (nSPS) is 19.8. The maximum absolute atomic E-state index is 13.4. The highest BCUT2D eigenvalue weighted by Gasteiger charge is 2.39. The quantitative estimate of drug-likeness (QED) is 0.870. The van der Waals surface area contributed by atoms with Gasteiger partial charge in [-0.1, -0.05) is 35.2 Å². The monoisotopic (exact) mass is 343 g/mol. The molecule has 1 aliphatic carbocycles. The van der Waals surface area contributed by atoms with Crippen molar-refractivity contribution in [1.82, 2.24) is 5.32 Å². The number of nitrogens with one attached hydrogen (secondary N) is 1. The van der Waals surface area contributed by atoms with E-state index >= 15 is 0 Å². The van der Waals surface area contributed by atoms with E-state index in [0.717, 1.165) is 29.3 Å². The molecule has 1 N–H and O–H groups in total. The van der Waals surface area contributed by atoms with Crippen LogP contribution in [0.5, 0.6) is 0 Å². The Balaban J connectivity index is 2.21. The molecule has 1 aliphatic rings. The first-order valence-corrected chi connectivity index (χ1v) is 8.07. The Morgan fingerprint density at radius 3 is 2.65 bits per heavy atom. The first-order chi connectivity index (χ1) is 9.61. The van der Waals surface area contributed by atoms with Gasteiger partial charge in [0.15, 0.2) is 0 Å². The van der Waals surface area contributed by atoms with Crippen LogP contribution in [0.3, 0.4) is 0 Å². The summed E-state index contributed by atoms with van der Waals surface area (Å²) in [6.45, 7) is 0. The largest absolute Gasteiger partial charge is 0.377 e. The Morgan fingerprint density at radius 2 is 2.05 bits per heavy atom. The van der Waals surface area contributed by atoms with E-state index in [1.807, 2.05) is 7.05 Å². The predicted molar refractivity (Wildman–Crippen MR) is 83.5 cm³/mol. The average molecular weight is 344 g/mol. The number of methoxy groups -OCH3 is 1. The number of ether oxygens (including phenoxy) is 1. The SMILES string of the molecule is CNC(Cc1cc(F)ccc1Br)C1(OC)CCCCC1. The van der Waals surface area contributed by atoms with E-state index in [4.69, 9.17) is 4.74 Å². The van der Waals surface area contributed by atoms with Gasteiger partial charge in [-0.05, 0) is 50.1 Å². The summed E-state index contributed by atoms with van der Waals surface area (Å²) in [5.41, 5.74) is 0.866. The van der Waals surface area contributed by atoms with Gasteiger partial charge in [0.25, 0.3) is 0 Å². The van der Waals surface area contributed by atoms with Crippen LogP contribution in [0.15, 0.2) is 22.7 Å². The molecular weight excluding hydrogens is 321 g/mol. The molecule has 0 spiro atoms. The Morgan fingerprint density at radius 1 is 1.35 bits per heavy atom. The van der Waals surface area contributed by atoms with Crippen molar-refractivity contribution >= 4 is 15.9 Å². The van der Waals surface area contributed by atoms with Crippen LogP contribution in [0.4, 0.5) is 4.39 Å². The van der Waals surface area contributed by atoms with E-state index in [0.29, 0.717) is 0 Å². The smallest absolute Gasteiger partial charge is 0.123 e. The highest BCUT2D eigenvalue weighted by molar-refractivity contribution is 9.10. The van der Waals surface area contributed by atoms with Gasteiger partial charge in [-0.15, -0.1) is 0 Å². The summed E-state index contributed by atoms with van der Waals surface area (Å²) in [5, 5.41) is 3.39. The molecule has 1 aromatic carbocycles. The third kappa shape index (κ3) is 3.41. The van der Waals surface area contributed by atoms with Crippen molar-refractivity contribution in [3.8, 4) is 0 Å². The molecule has 1 aromatic rings. The van der Waals surface area contributed by atoms with Crippen LogP contribution in [0.1, 0.15) is 37.7 Å². The third-order valence-electron chi connectivity index (χ3n) is 4.52. The van der Waals surface area contributed by atoms with Crippen molar-refractivity contribution in [3.63, 3.8) is 0 Å². The molecule has 2 rings (SSSR count). The van der Waals surface area contributed by atoms with Crippen molar-refractivity contribution in [3.05, 3.63) is 34.1 Å². The van der Waals surface area contributed by atoms with Gasteiger partial charge in [0.1, 0.15) is 5.82 Å². The Labute approximate surface area is 129 Å². The second-order valence-electron chi connectivity index (χ2n) is 5.61. The molecule has 1 atom stereocenters. The van der Waals surface area contributed by atoms with Crippen molar-refractivity contribution in [2.24, 2.45) is 0 Å². The number of benzene rings is 1. The van der Waals surface area contributed by atoms with Crippen molar-refractivity contribution in [2.45, 2.75) is 50.2 Å². The topological polar surface area (TPSA) is 21.3 Å². The van der Waals surface area contributed by atoms with Crippen LogP contribution >= 0.6 is 15.9 Å². The predicted octanol–water partition coefficient (Wildman–Crippen LogP) is 4.07. The Hall–Kier alpha value is -0.450. The van der Waals surface area contributed by atoms with Gasteiger partial charge in [0.05, 0.1) is 5.60 Å². The van der Waals surface area contributed by atoms with E-state index in [1.165, 1.54) is 25.3 Å². The summed E-state index contributed by atoms with van der Waals surface area (Å²) >= 11 is 3.52. The van der Waals surface area contributed by atoms with E-state index in [1.54, 1.807) is 19.2 Å². The maximum Gasteiger partial charge on any atom is 0.123 e. The summed E-state index contributed by atoms with van der Waals surface area (Å²) in [5.74, 6) is -0.187. The van der Waals surface area contributed by atoms with Crippen LogP contribution in [-0.4, -0.2) is 25.8 Å². The Bertz CT molecular complexity index is 446. The van der Waals surface area contributed by atoms with E-state index in [9.17, 15) is 4.39 Å². The lowest BCUT2D eigenvalue weighted by Crippen LogP contribution is -2.53. The van der Waals surface area contributed by atoms with Gasteiger partial charge >= 0.3 is 0 Å². The van der Waals surface area contributed by atoms with Crippen LogP contribution in [0.2, 0.25) is 0 Å². The van der Waals surface area contributed by atoms with Crippen LogP contribution in [-0.2, 0) is 11.2 Å². The van der Waals surface area contributed by atoms with Crippen LogP contribution in [0, 0.1) is 5.82 Å². The number of likely N-dealkylation sites (N-methyl/N-ethyl adjacent to an activating group) is 1. The molecule has 1 saturated carbocycles. The number of rotatable bonds is 5. The zero-order chi connectivity index (χ0) is 14.6. The molecule has 2 nitrogen and oxygen atoms in total. The van der Waals surface area contributed by atoms with Gasteiger partial charge in [-0.3, -0.25) is 0 Å². The molecule has 0 bridgehead atoms. The summed E-state index contributed by atoms with van der Waals surface area (Å²) < 4.78 is 20.3. The fraction of sp³-hybridized carbons (Fsp3) is 0.625. The zero-order valence-electron chi connectivity index (χ0n) is 12.2. The summed E-state index contributed by atoms with van der Waals surface area (Å²) in [6.07, 6.45) is 6.60. The van der Waals surface area contributed by atoms with Crippen molar-refractivity contribution in [2.75, 3.05) is 14.2 Å². The molecule has 0 saturated heterocycles. The van der Waals surface area contributed by atoms with E-state index in [-0.39, 0.29) is 17.5 Å². The fourth-order valence-electron chi connectivity index (χ4n) is 3.32. The lowest BCUT2D eigenvalue weighted by molar-refractivity contribution is -0.0657. The molecule has 4 heteroatoms. The molecule has 1 fully saturated rings. The lowest BCUT2D eigenvalue weighted by atomic mass is 9.77. The number of hydrogen-bond donors (Lipinski definition) is 1. The average Bonchev–Trinajstić information content (AvgIpc) is 2.48. The highest BCUT2D eigenvalue weighted by atomic mass is 79.9. The first-order valence-electron chi connectivity index (χ1n) is 7.27. The molecule has 0 radical (unpaired) electrons. The van der Waals surface area contributed by atoms with Crippen LogP contribution < -0.4 is 5.32 Å². The minimum absolute atomic E-state index is 0.126. The molecular formula is C16H23BrFNO. The minimum atomic E-state index is -0.187. The molecule has 0 aromatic heterocycles. The Kier molecular flexibility index (Phi) is 5.58. The summed E-state index contributed by atoms with van der Waals surface area (Å²) in [6, 6.07) is 5.07. The second kappa shape index (κ2) is 7.01. The fourth-order valence-corrected chi connectivity index (χ4v) is 3.72. The van der Waals surface area contributed by atoms with Gasteiger partial charge in [-0.2, -0.15) is 0 Å². The minimum Gasteiger partial charge on any atom is -0.377 e. The summed E-state index contributed by atoms with van der Waals surface area (Å²) in [4.78, 5) is 0. The van der Waals surface area contributed by atoms with Gasteiger partial charge in [0.2, 0.25) is 0 Å². The second-order valence-corrected chi connectivity index (χ2v) is 6.47. The van der Waals surface area contributed by atoms with Crippen LogP contribution in [0.25, 0.3) is 0 Å². The molecule has 0 amide bonds. The molecule has 112 valence electrons. The van der Waals surface area contributed by atoms with Gasteiger partial charge in [0, 0.05) is 17.6 Å². The van der Waals surface area contributed by atoms with Crippen molar-refractivity contribution < 1.29 is 9.13 Å².